The fourth-order valence-electron chi connectivity index (χ4n) is 2.61. The molecule has 1 amide bonds. The number of likely N-dealkylation sites (tertiary alicyclic amines) is 1. The summed E-state index contributed by atoms with van der Waals surface area (Å²) in [6.45, 7) is 1.64. The van der Waals surface area contributed by atoms with Crippen molar-refractivity contribution in [3.8, 4) is 0 Å². The van der Waals surface area contributed by atoms with Crippen LogP contribution >= 0.6 is 23.2 Å². The SMILES string of the molecule is O=C(c1ccc(Nc2cccc(Cl)c2Cl)cn1)N1CCCCC1. The van der Waals surface area contributed by atoms with E-state index in [0.717, 1.165) is 31.6 Å². The van der Waals surface area contributed by atoms with E-state index < -0.39 is 0 Å². The van der Waals surface area contributed by atoms with Crippen LogP contribution in [0.15, 0.2) is 36.5 Å². The molecule has 0 saturated carbocycles. The molecule has 23 heavy (non-hydrogen) atoms. The number of piperidine rings is 1. The lowest BCUT2D eigenvalue weighted by Crippen LogP contribution is -2.36. The lowest BCUT2D eigenvalue weighted by atomic mass is 10.1. The van der Waals surface area contributed by atoms with Crippen molar-refractivity contribution in [2.24, 2.45) is 0 Å². The first kappa shape index (κ1) is 16.1. The van der Waals surface area contributed by atoms with Gasteiger partial charge in [-0.2, -0.15) is 0 Å². The molecule has 0 radical (unpaired) electrons. The standard InChI is InChI=1S/C17H17Cl2N3O/c18-13-5-4-6-14(16(13)19)21-12-7-8-15(20-11-12)17(23)22-9-2-1-3-10-22/h4-8,11,21H,1-3,9-10H2. The molecule has 0 spiro atoms. The van der Waals surface area contributed by atoms with Crippen LogP contribution in [0.1, 0.15) is 29.8 Å². The maximum atomic E-state index is 12.4. The molecule has 1 saturated heterocycles. The van der Waals surface area contributed by atoms with E-state index in [9.17, 15) is 4.79 Å². The number of aromatic nitrogens is 1. The summed E-state index contributed by atoms with van der Waals surface area (Å²) in [7, 11) is 0. The first-order chi connectivity index (χ1) is 11.1. The van der Waals surface area contributed by atoms with E-state index in [1.54, 1.807) is 18.3 Å². The molecule has 1 aromatic carbocycles. The average molecular weight is 350 g/mol. The van der Waals surface area contributed by atoms with Gasteiger partial charge in [-0.15, -0.1) is 0 Å². The fourth-order valence-corrected chi connectivity index (χ4v) is 2.96. The third kappa shape index (κ3) is 3.77. The first-order valence-corrected chi connectivity index (χ1v) is 8.37. The van der Waals surface area contributed by atoms with Crippen molar-refractivity contribution < 1.29 is 4.79 Å². The fraction of sp³-hybridized carbons (Fsp3) is 0.294. The zero-order valence-electron chi connectivity index (χ0n) is 12.6. The van der Waals surface area contributed by atoms with Crippen LogP contribution in [0, 0.1) is 0 Å². The summed E-state index contributed by atoms with van der Waals surface area (Å²) in [5, 5.41) is 4.10. The van der Waals surface area contributed by atoms with Gasteiger partial charge in [0.15, 0.2) is 0 Å². The molecule has 1 aliphatic heterocycles. The Morgan fingerprint density at radius 2 is 1.87 bits per heavy atom. The maximum absolute atomic E-state index is 12.4. The van der Waals surface area contributed by atoms with Crippen LogP contribution in [0.2, 0.25) is 10.0 Å². The number of carbonyl (C=O) groups is 1. The normalized spacial score (nSPS) is 14.6. The lowest BCUT2D eigenvalue weighted by Gasteiger charge is -2.26. The van der Waals surface area contributed by atoms with Crippen LogP contribution in [0.25, 0.3) is 0 Å². The number of halogens is 2. The predicted molar refractivity (Wildman–Crippen MR) is 93.7 cm³/mol. The minimum Gasteiger partial charge on any atom is -0.353 e. The number of pyridine rings is 1. The molecule has 6 heteroatoms. The number of benzene rings is 1. The molecule has 4 nitrogen and oxygen atoms in total. The molecule has 0 aliphatic carbocycles. The molecule has 1 aromatic heterocycles. The van der Waals surface area contributed by atoms with E-state index >= 15 is 0 Å². The highest BCUT2D eigenvalue weighted by molar-refractivity contribution is 6.43. The third-order valence-electron chi connectivity index (χ3n) is 3.86. The van der Waals surface area contributed by atoms with Gasteiger partial charge in [-0.1, -0.05) is 29.3 Å². The Morgan fingerprint density at radius 3 is 2.57 bits per heavy atom. The number of hydrogen-bond acceptors (Lipinski definition) is 3. The topological polar surface area (TPSA) is 45.2 Å². The Kier molecular flexibility index (Phi) is 5.03. The van der Waals surface area contributed by atoms with Gasteiger partial charge < -0.3 is 10.2 Å². The Hall–Kier alpha value is -1.78. The van der Waals surface area contributed by atoms with Crippen molar-refractivity contribution in [2.45, 2.75) is 19.3 Å². The van der Waals surface area contributed by atoms with Crippen molar-refractivity contribution >= 4 is 40.5 Å². The molecule has 3 rings (SSSR count). The van der Waals surface area contributed by atoms with Gasteiger partial charge >= 0.3 is 0 Å². The van der Waals surface area contributed by atoms with Gasteiger partial charge in [0, 0.05) is 13.1 Å². The number of rotatable bonds is 3. The number of amides is 1. The van der Waals surface area contributed by atoms with E-state index in [0.29, 0.717) is 21.4 Å². The second kappa shape index (κ2) is 7.20. The van der Waals surface area contributed by atoms with Gasteiger partial charge in [0.2, 0.25) is 0 Å². The van der Waals surface area contributed by atoms with Crippen LogP contribution in [0.5, 0.6) is 0 Å². The first-order valence-electron chi connectivity index (χ1n) is 7.61. The van der Waals surface area contributed by atoms with Gasteiger partial charge in [-0.05, 0) is 43.5 Å². The van der Waals surface area contributed by atoms with Crippen molar-refractivity contribution in [1.29, 1.82) is 0 Å². The molecule has 1 aliphatic rings. The predicted octanol–water partition coefficient (Wildman–Crippen LogP) is 4.76. The van der Waals surface area contributed by atoms with Crippen molar-refractivity contribution in [3.05, 3.63) is 52.3 Å². The smallest absolute Gasteiger partial charge is 0.272 e. The highest BCUT2D eigenvalue weighted by atomic mass is 35.5. The van der Waals surface area contributed by atoms with E-state index in [4.69, 9.17) is 23.2 Å². The summed E-state index contributed by atoms with van der Waals surface area (Å²) in [5.41, 5.74) is 1.93. The maximum Gasteiger partial charge on any atom is 0.272 e. The molecule has 1 fully saturated rings. The summed E-state index contributed by atoms with van der Waals surface area (Å²) < 4.78 is 0. The molecule has 0 bridgehead atoms. The van der Waals surface area contributed by atoms with Gasteiger partial charge in [0.05, 0.1) is 27.6 Å². The molecular weight excluding hydrogens is 333 g/mol. The molecule has 0 unspecified atom stereocenters. The Bertz CT molecular complexity index is 697. The van der Waals surface area contributed by atoms with E-state index in [2.05, 4.69) is 10.3 Å². The summed E-state index contributed by atoms with van der Waals surface area (Å²) in [4.78, 5) is 18.5. The second-order valence-electron chi connectivity index (χ2n) is 5.51. The molecule has 2 heterocycles. The van der Waals surface area contributed by atoms with Crippen molar-refractivity contribution in [3.63, 3.8) is 0 Å². The number of nitrogens with one attached hydrogen (secondary N) is 1. The van der Waals surface area contributed by atoms with E-state index in [1.807, 2.05) is 23.1 Å². The minimum atomic E-state index is -0.00274. The Labute approximate surface area is 145 Å². The monoisotopic (exact) mass is 349 g/mol. The highest BCUT2D eigenvalue weighted by Crippen LogP contribution is 2.31. The van der Waals surface area contributed by atoms with Crippen LogP contribution < -0.4 is 5.32 Å². The van der Waals surface area contributed by atoms with E-state index in [-0.39, 0.29) is 5.91 Å². The van der Waals surface area contributed by atoms with Gasteiger partial charge in [-0.25, -0.2) is 4.98 Å². The summed E-state index contributed by atoms with van der Waals surface area (Å²) in [5.74, 6) is -0.00274. The third-order valence-corrected chi connectivity index (χ3v) is 4.68. The minimum absolute atomic E-state index is 0.00274. The van der Waals surface area contributed by atoms with Crippen LogP contribution in [0.4, 0.5) is 11.4 Å². The molecule has 0 atom stereocenters. The number of anilines is 2. The largest absolute Gasteiger partial charge is 0.353 e. The molecule has 1 N–H and O–H groups in total. The zero-order chi connectivity index (χ0) is 16.2. The number of carbonyl (C=O) groups excluding carboxylic acids is 1. The number of nitrogens with zero attached hydrogens (tertiary/aromatic N) is 2. The Balaban J connectivity index is 1.71. The summed E-state index contributed by atoms with van der Waals surface area (Å²) in [6, 6.07) is 8.94. The average Bonchev–Trinajstić information content (AvgIpc) is 2.60. The quantitative estimate of drug-likeness (QED) is 0.868. The zero-order valence-corrected chi connectivity index (χ0v) is 14.1. The Morgan fingerprint density at radius 1 is 1.09 bits per heavy atom. The second-order valence-corrected chi connectivity index (χ2v) is 6.30. The van der Waals surface area contributed by atoms with Crippen molar-refractivity contribution in [2.75, 3.05) is 18.4 Å². The highest BCUT2D eigenvalue weighted by Gasteiger charge is 2.19. The van der Waals surface area contributed by atoms with Crippen molar-refractivity contribution in [1.82, 2.24) is 9.88 Å². The summed E-state index contributed by atoms with van der Waals surface area (Å²) in [6.07, 6.45) is 4.96. The molecule has 2 aromatic rings. The summed E-state index contributed by atoms with van der Waals surface area (Å²) >= 11 is 12.1. The molecule has 120 valence electrons. The van der Waals surface area contributed by atoms with Crippen LogP contribution in [0.3, 0.4) is 0 Å². The van der Waals surface area contributed by atoms with Gasteiger partial charge in [0.1, 0.15) is 5.69 Å². The van der Waals surface area contributed by atoms with Gasteiger partial charge in [-0.3, -0.25) is 4.79 Å². The lowest BCUT2D eigenvalue weighted by molar-refractivity contribution is 0.0718. The van der Waals surface area contributed by atoms with Crippen LogP contribution in [-0.2, 0) is 0 Å². The van der Waals surface area contributed by atoms with Gasteiger partial charge in [0.25, 0.3) is 5.91 Å². The van der Waals surface area contributed by atoms with Crippen LogP contribution in [-0.4, -0.2) is 28.9 Å². The molecular formula is C17H17Cl2N3O. The van der Waals surface area contributed by atoms with E-state index in [1.165, 1.54) is 6.42 Å². The number of hydrogen-bond donors (Lipinski definition) is 1.